The van der Waals surface area contributed by atoms with Crippen molar-refractivity contribution in [3.63, 3.8) is 0 Å². The first-order valence-electron chi connectivity index (χ1n) is 6.52. The number of nitrogens with two attached hydrogens (primary N) is 1. The summed E-state index contributed by atoms with van der Waals surface area (Å²) in [6.45, 7) is 0.628. The van der Waals surface area contributed by atoms with Crippen LogP contribution in [0.5, 0.6) is 0 Å². The maximum atomic E-state index is 12.1. The highest BCUT2D eigenvalue weighted by molar-refractivity contribution is 8.01. The Hall–Kier alpha value is -1.54. The van der Waals surface area contributed by atoms with Crippen LogP contribution >= 0.6 is 11.8 Å². The minimum Gasteiger partial charge on any atom is -0.368 e. The topological polar surface area (TPSA) is 89.2 Å². The van der Waals surface area contributed by atoms with Crippen molar-refractivity contribution < 1.29 is 8.42 Å². The number of anilines is 2. The summed E-state index contributed by atoms with van der Waals surface area (Å²) in [4.78, 5) is 10.4. The molecule has 1 aliphatic rings. The van der Waals surface area contributed by atoms with Gasteiger partial charge in [0.25, 0.3) is 0 Å². The third-order valence-corrected chi connectivity index (χ3v) is 6.09. The van der Waals surface area contributed by atoms with E-state index in [4.69, 9.17) is 5.73 Å². The van der Waals surface area contributed by atoms with Gasteiger partial charge in [0.1, 0.15) is 11.2 Å². The van der Waals surface area contributed by atoms with Crippen LogP contribution in [0.3, 0.4) is 0 Å². The Kier molecular flexibility index (Phi) is 3.66. The molecule has 1 aromatic carbocycles. The number of para-hydroxylation sites is 1. The number of benzene rings is 1. The fourth-order valence-electron chi connectivity index (χ4n) is 2.47. The molecule has 3 rings (SSSR count). The molecule has 1 fully saturated rings. The summed E-state index contributed by atoms with van der Waals surface area (Å²) in [6, 6.07) is 7.51. The molecule has 1 saturated heterocycles. The van der Waals surface area contributed by atoms with E-state index in [9.17, 15) is 8.42 Å². The van der Waals surface area contributed by atoms with Gasteiger partial charge in [-0.1, -0.05) is 12.1 Å². The predicted octanol–water partition coefficient (Wildman–Crippen LogP) is 1.14. The summed E-state index contributed by atoms with van der Waals surface area (Å²) >= 11 is 1.64. The van der Waals surface area contributed by atoms with Gasteiger partial charge >= 0.3 is 0 Å². The van der Waals surface area contributed by atoms with Crippen LogP contribution in [0.15, 0.2) is 24.3 Å². The zero-order valence-electron chi connectivity index (χ0n) is 11.6. The molecule has 1 aliphatic heterocycles. The predicted molar refractivity (Wildman–Crippen MR) is 87.3 cm³/mol. The first kappa shape index (κ1) is 14.4. The average molecular weight is 324 g/mol. The van der Waals surface area contributed by atoms with Gasteiger partial charge in [0.15, 0.2) is 9.84 Å². The van der Waals surface area contributed by atoms with Crippen molar-refractivity contribution in [2.24, 2.45) is 0 Å². The van der Waals surface area contributed by atoms with Gasteiger partial charge in [-0.15, -0.1) is 0 Å². The number of hydrogen-bond acceptors (Lipinski definition) is 7. The van der Waals surface area contributed by atoms with Crippen molar-refractivity contribution in [2.75, 3.05) is 34.9 Å². The second kappa shape index (κ2) is 5.34. The molecular formula is C13H16N4O2S2. The van der Waals surface area contributed by atoms with E-state index in [1.807, 2.05) is 29.2 Å². The summed E-state index contributed by atoms with van der Waals surface area (Å²) < 4.78 is 24.1. The largest absolute Gasteiger partial charge is 0.368 e. The summed E-state index contributed by atoms with van der Waals surface area (Å²) in [7, 11) is -3.20. The van der Waals surface area contributed by atoms with Crippen molar-refractivity contribution >= 4 is 44.3 Å². The smallest absolute Gasteiger partial charge is 0.222 e. The molecule has 0 amide bonds. The van der Waals surface area contributed by atoms with Crippen LogP contribution < -0.4 is 10.6 Å². The summed E-state index contributed by atoms with van der Waals surface area (Å²) in [5, 5.41) is 0.251. The molecule has 0 aliphatic carbocycles. The number of fused-ring (bicyclic) bond motifs is 1. The molecule has 1 aromatic heterocycles. The van der Waals surface area contributed by atoms with Gasteiger partial charge in [0, 0.05) is 29.7 Å². The number of aromatic nitrogens is 2. The molecule has 0 bridgehead atoms. The van der Waals surface area contributed by atoms with E-state index in [1.54, 1.807) is 11.8 Å². The number of nitrogen functional groups attached to an aromatic ring is 1. The van der Waals surface area contributed by atoms with Gasteiger partial charge in [0.05, 0.1) is 5.52 Å². The lowest BCUT2D eigenvalue weighted by atomic mass is 10.2. The Morgan fingerprint density at radius 1 is 1.33 bits per heavy atom. The second-order valence-electron chi connectivity index (χ2n) is 4.98. The molecule has 2 N–H and O–H groups in total. The lowest BCUT2D eigenvalue weighted by Gasteiger charge is -2.35. The minimum atomic E-state index is -3.20. The maximum absolute atomic E-state index is 12.1. The van der Waals surface area contributed by atoms with E-state index < -0.39 is 15.2 Å². The Morgan fingerprint density at radius 3 is 2.86 bits per heavy atom. The Morgan fingerprint density at radius 2 is 2.10 bits per heavy atom. The minimum absolute atomic E-state index is 0.161. The van der Waals surface area contributed by atoms with Crippen molar-refractivity contribution in [3.8, 4) is 0 Å². The summed E-state index contributed by atoms with van der Waals surface area (Å²) in [5.74, 6) is 2.17. The van der Waals surface area contributed by atoms with Gasteiger partial charge in [-0.3, -0.25) is 0 Å². The molecule has 0 radical (unpaired) electrons. The van der Waals surface area contributed by atoms with E-state index in [2.05, 4.69) is 9.97 Å². The monoisotopic (exact) mass is 324 g/mol. The maximum Gasteiger partial charge on any atom is 0.222 e. The van der Waals surface area contributed by atoms with Gasteiger partial charge in [-0.05, 0) is 12.1 Å². The fraction of sp³-hybridized carbons (Fsp3) is 0.385. The SMILES string of the molecule is CS(=O)(=O)C1CSCCN1c1nc(N)nc2ccccc12. The second-order valence-corrected chi connectivity index (χ2v) is 8.33. The van der Waals surface area contributed by atoms with Crippen molar-refractivity contribution in [2.45, 2.75) is 5.37 Å². The quantitative estimate of drug-likeness (QED) is 0.886. The van der Waals surface area contributed by atoms with Gasteiger partial charge in [0.2, 0.25) is 5.95 Å². The first-order valence-corrected chi connectivity index (χ1v) is 9.63. The van der Waals surface area contributed by atoms with Crippen LogP contribution in [-0.4, -0.2) is 48.1 Å². The molecule has 21 heavy (non-hydrogen) atoms. The standard InChI is InChI=1S/C13H16N4O2S2/c1-21(18,19)11-8-20-7-6-17(11)12-9-4-2-3-5-10(9)15-13(14)16-12/h2-5,11H,6-8H2,1H3,(H2,14,15,16). The third-order valence-electron chi connectivity index (χ3n) is 3.45. The third kappa shape index (κ3) is 2.77. The van der Waals surface area contributed by atoms with Crippen molar-refractivity contribution in [1.82, 2.24) is 9.97 Å². The molecule has 6 nitrogen and oxygen atoms in total. The lowest BCUT2D eigenvalue weighted by molar-refractivity contribution is 0.584. The number of thioether (sulfide) groups is 1. The Labute approximate surface area is 127 Å². The lowest BCUT2D eigenvalue weighted by Crippen LogP contribution is -2.47. The van der Waals surface area contributed by atoms with E-state index in [-0.39, 0.29) is 5.95 Å². The first-order chi connectivity index (χ1) is 9.97. The van der Waals surface area contributed by atoms with Crippen LogP contribution in [-0.2, 0) is 9.84 Å². The molecule has 1 atom stereocenters. The molecule has 0 saturated carbocycles. The molecule has 8 heteroatoms. The van der Waals surface area contributed by atoms with E-state index in [0.29, 0.717) is 18.1 Å². The highest BCUT2D eigenvalue weighted by Crippen LogP contribution is 2.30. The molecular weight excluding hydrogens is 308 g/mol. The fourth-order valence-corrected chi connectivity index (χ4v) is 5.29. The normalized spacial score (nSPS) is 19.9. The Bertz CT molecular complexity index is 779. The molecule has 112 valence electrons. The highest BCUT2D eigenvalue weighted by Gasteiger charge is 2.33. The van der Waals surface area contributed by atoms with E-state index in [0.717, 1.165) is 16.7 Å². The zero-order valence-corrected chi connectivity index (χ0v) is 13.2. The van der Waals surface area contributed by atoms with Crippen LogP contribution in [0.25, 0.3) is 10.9 Å². The van der Waals surface area contributed by atoms with Gasteiger partial charge < -0.3 is 10.6 Å². The molecule has 0 spiro atoms. The average Bonchev–Trinajstić information content (AvgIpc) is 2.45. The van der Waals surface area contributed by atoms with Crippen LogP contribution in [0.1, 0.15) is 0 Å². The zero-order chi connectivity index (χ0) is 15.0. The van der Waals surface area contributed by atoms with Crippen molar-refractivity contribution in [1.29, 1.82) is 0 Å². The Balaban J connectivity index is 2.18. The molecule has 1 unspecified atom stereocenters. The van der Waals surface area contributed by atoms with Crippen molar-refractivity contribution in [3.05, 3.63) is 24.3 Å². The highest BCUT2D eigenvalue weighted by atomic mass is 32.2. The van der Waals surface area contributed by atoms with E-state index >= 15 is 0 Å². The number of sulfone groups is 1. The summed E-state index contributed by atoms with van der Waals surface area (Å²) in [6.07, 6.45) is 1.27. The van der Waals surface area contributed by atoms with Crippen LogP contribution in [0.2, 0.25) is 0 Å². The van der Waals surface area contributed by atoms with Crippen LogP contribution in [0, 0.1) is 0 Å². The van der Waals surface area contributed by atoms with Gasteiger partial charge in [-0.2, -0.15) is 16.7 Å². The molecule has 2 heterocycles. The molecule has 2 aromatic rings. The van der Waals surface area contributed by atoms with Gasteiger partial charge in [-0.25, -0.2) is 13.4 Å². The van der Waals surface area contributed by atoms with Crippen LogP contribution in [0.4, 0.5) is 11.8 Å². The van der Waals surface area contributed by atoms with E-state index in [1.165, 1.54) is 6.26 Å². The number of hydrogen-bond donors (Lipinski definition) is 1. The number of nitrogens with zero attached hydrogens (tertiary/aromatic N) is 3. The number of rotatable bonds is 2. The summed E-state index contributed by atoms with van der Waals surface area (Å²) in [5.41, 5.74) is 6.51.